The smallest absolute Gasteiger partial charge is 0.416 e. The Kier molecular flexibility index (Phi) is 6.98. The lowest BCUT2D eigenvalue weighted by molar-refractivity contribution is -0.143. The predicted octanol–water partition coefficient (Wildman–Crippen LogP) is 6.71. The number of fused-ring (bicyclic) bond motifs is 1. The standard InChI is InChI=1S/C26H23F3O3S/c1-31-25(30)15-32-23-13-14-24(22-8-4-7-21(22)23)33-16-18-5-2-3-6-20(18)17-9-11-19(12-10-17)26(27,28)29/h2-3,5-6,9-14H,4,7-8,15-16H2,1H3. The quantitative estimate of drug-likeness (QED) is 0.283. The molecule has 7 heteroatoms. The Bertz CT molecular complexity index is 1140. The Hall–Kier alpha value is -2.93. The Morgan fingerprint density at radius 3 is 2.42 bits per heavy atom. The van der Waals surface area contributed by atoms with Crippen LogP contribution in [0.3, 0.4) is 0 Å². The molecule has 0 heterocycles. The van der Waals surface area contributed by atoms with E-state index >= 15 is 0 Å². The number of ether oxygens (including phenoxy) is 2. The van der Waals surface area contributed by atoms with E-state index in [-0.39, 0.29) is 6.61 Å². The first-order valence-corrected chi connectivity index (χ1v) is 11.6. The lowest BCUT2D eigenvalue weighted by Gasteiger charge is -2.15. The zero-order valence-electron chi connectivity index (χ0n) is 18.1. The highest BCUT2D eigenvalue weighted by Crippen LogP contribution is 2.40. The van der Waals surface area contributed by atoms with Gasteiger partial charge in [0.25, 0.3) is 0 Å². The van der Waals surface area contributed by atoms with Gasteiger partial charge in [0.15, 0.2) is 6.61 Å². The molecule has 33 heavy (non-hydrogen) atoms. The molecule has 0 bridgehead atoms. The number of methoxy groups -OCH3 is 1. The maximum atomic E-state index is 12.9. The summed E-state index contributed by atoms with van der Waals surface area (Å²) in [6.07, 6.45) is -1.46. The number of rotatable bonds is 7. The fourth-order valence-corrected chi connectivity index (χ4v) is 5.15. The summed E-state index contributed by atoms with van der Waals surface area (Å²) in [7, 11) is 1.33. The topological polar surface area (TPSA) is 35.5 Å². The third kappa shape index (κ3) is 5.36. The fourth-order valence-electron chi connectivity index (χ4n) is 4.03. The van der Waals surface area contributed by atoms with Gasteiger partial charge in [-0.05, 0) is 71.3 Å². The minimum Gasteiger partial charge on any atom is -0.482 e. The van der Waals surface area contributed by atoms with Crippen LogP contribution in [-0.4, -0.2) is 19.7 Å². The van der Waals surface area contributed by atoms with Crippen LogP contribution in [-0.2, 0) is 34.3 Å². The molecule has 0 fully saturated rings. The van der Waals surface area contributed by atoms with Crippen molar-refractivity contribution < 1.29 is 27.4 Å². The minimum absolute atomic E-state index is 0.115. The van der Waals surface area contributed by atoms with Crippen LogP contribution in [0.2, 0.25) is 0 Å². The second-order valence-corrected chi connectivity index (χ2v) is 8.78. The number of hydrogen-bond donors (Lipinski definition) is 0. The summed E-state index contributed by atoms with van der Waals surface area (Å²) in [5, 5.41) is 0. The number of halogens is 3. The Morgan fingerprint density at radius 1 is 0.970 bits per heavy atom. The summed E-state index contributed by atoms with van der Waals surface area (Å²) in [6.45, 7) is -0.115. The molecule has 0 saturated heterocycles. The highest BCUT2D eigenvalue weighted by molar-refractivity contribution is 7.98. The molecule has 0 spiro atoms. The molecule has 0 aliphatic heterocycles. The molecule has 3 nitrogen and oxygen atoms in total. The van der Waals surface area contributed by atoms with E-state index in [1.165, 1.54) is 24.8 Å². The first-order valence-electron chi connectivity index (χ1n) is 10.6. The van der Waals surface area contributed by atoms with Crippen LogP contribution < -0.4 is 4.74 Å². The van der Waals surface area contributed by atoms with E-state index in [4.69, 9.17) is 4.74 Å². The van der Waals surface area contributed by atoms with Gasteiger partial charge in [-0.25, -0.2) is 4.79 Å². The molecule has 0 N–H and O–H groups in total. The number of benzene rings is 3. The maximum absolute atomic E-state index is 12.9. The van der Waals surface area contributed by atoms with E-state index in [9.17, 15) is 18.0 Å². The molecule has 0 aromatic heterocycles. The van der Waals surface area contributed by atoms with Gasteiger partial charge in [-0.2, -0.15) is 13.2 Å². The summed E-state index contributed by atoms with van der Waals surface area (Å²) < 4.78 is 49.1. The SMILES string of the molecule is COC(=O)COc1ccc(SCc2ccccc2-c2ccc(C(F)(F)F)cc2)c2c1CCC2. The van der Waals surface area contributed by atoms with Crippen LogP contribution in [0.5, 0.6) is 5.75 Å². The summed E-state index contributed by atoms with van der Waals surface area (Å²) in [5.74, 6) is 0.994. The maximum Gasteiger partial charge on any atom is 0.416 e. The Morgan fingerprint density at radius 2 is 1.70 bits per heavy atom. The molecule has 0 radical (unpaired) electrons. The normalized spacial score (nSPS) is 13.0. The predicted molar refractivity (Wildman–Crippen MR) is 122 cm³/mol. The van der Waals surface area contributed by atoms with Crippen molar-refractivity contribution in [2.75, 3.05) is 13.7 Å². The van der Waals surface area contributed by atoms with E-state index in [1.54, 1.807) is 11.8 Å². The first kappa shape index (κ1) is 23.2. The molecular weight excluding hydrogens is 449 g/mol. The van der Waals surface area contributed by atoms with Crippen LogP contribution in [0.4, 0.5) is 13.2 Å². The summed E-state index contributed by atoms with van der Waals surface area (Å²) >= 11 is 1.71. The molecule has 0 saturated carbocycles. The van der Waals surface area contributed by atoms with Crippen molar-refractivity contribution in [2.24, 2.45) is 0 Å². The monoisotopic (exact) mass is 472 g/mol. The Balaban J connectivity index is 1.53. The molecular formula is C26H23F3O3S. The van der Waals surface area contributed by atoms with Crippen molar-refractivity contribution in [3.05, 3.63) is 82.9 Å². The first-order chi connectivity index (χ1) is 15.9. The minimum atomic E-state index is -4.35. The van der Waals surface area contributed by atoms with Gasteiger partial charge in [-0.3, -0.25) is 0 Å². The average Bonchev–Trinajstić information content (AvgIpc) is 3.32. The van der Waals surface area contributed by atoms with Crippen molar-refractivity contribution in [3.63, 3.8) is 0 Å². The van der Waals surface area contributed by atoms with Crippen LogP contribution in [0, 0.1) is 0 Å². The molecule has 4 rings (SSSR count). The van der Waals surface area contributed by atoms with Crippen molar-refractivity contribution in [1.82, 2.24) is 0 Å². The molecule has 3 aromatic carbocycles. The largest absolute Gasteiger partial charge is 0.482 e. The number of esters is 1. The molecule has 0 atom stereocenters. The highest BCUT2D eigenvalue weighted by atomic mass is 32.2. The van der Waals surface area contributed by atoms with Gasteiger partial charge in [0.2, 0.25) is 0 Å². The number of carbonyl (C=O) groups is 1. The second kappa shape index (κ2) is 9.91. The third-order valence-electron chi connectivity index (χ3n) is 5.70. The molecule has 0 unspecified atom stereocenters. The van der Waals surface area contributed by atoms with Crippen molar-refractivity contribution in [3.8, 4) is 16.9 Å². The molecule has 0 amide bonds. The van der Waals surface area contributed by atoms with Crippen LogP contribution in [0.1, 0.15) is 28.7 Å². The van der Waals surface area contributed by atoms with Crippen LogP contribution >= 0.6 is 11.8 Å². The average molecular weight is 473 g/mol. The van der Waals surface area contributed by atoms with E-state index < -0.39 is 17.7 Å². The van der Waals surface area contributed by atoms with Gasteiger partial charge in [-0.1, -0.05) is 36.4 Å². The second-order valence-electron chi connectivity index (χ2n) is 7.76. The van der Waals surface area contributed by atoms with E-state index in [0.717, 1.165) is 64.3 Å². The number of carbonyl (C=O) groups excluding carboxylic acids is 1. The van der Waals surface area contributed by atoms with E-state index in [0.29, 0.717) is 5.75 Å². The van der Waals surface area contributed by atoms with Crippen LogP contribution in [0.25, 0.3) is 11.1 Å². The fraction of sp³-hybridized carbons (Fsp3) is 0.269. The molecule has 1 aliphatic carbocycles. The van der Waals surface area contributed by atoms with Gasteiger partial charge in [-0.15, -0.1) is 11.8 Å². The summed E-state index contributed by atoms with van der Waals surface area (Å²) in [4.78, 5) is 12.6. The van der Waals surface area contributed by atoms with Gasteiger partial charge >= 0.3 is 12.1 Å². The zero-order chi connectivity index (χ0) is 23.4. The highest BCUT2D eigenvalue weighted by Gasteiger charge is 2.30. The van der Waals surface area contributed by atoms with Crippen molar-refractivity contribution in [1.29, 1.82) is 0 Å². The molecule has 172 valence electrons. The lowest BCUT2D eigenvalue weighted by atomic mass is 9.99. The molecule has 3 aromatic rings. The van der Waals surface area contributed by atoms with Crippen molar-refractivity contribution in [2.45, 2.75) is 36.1 Å². The van der Waals surface area contributed by atoms with Gasteiger partial charge in [0, 0.05) is 10.6 Å². The lowest BCUT2D eigenvalue weighted by Crippen LogP contribution is -2.13. The summed E-state index contributed by atoms with van der Waals surface area (Å²) in [6, 6.07) is 17.0. The molecule has 1 aliphatic rings. The Labute approximate surface area is 194 Å². The van der Waals surface area contributed by atoms with Crippen LogP contribution in [0.15, 0.2) is 65.6 Å². The number of alkyl halides is 3. The van der Waals surface area contributed by atoms with Crippen molar-refractivity contribution >= 4 is 17.7 Å². The van der Waals surface area contributed by atoms with Gasteiger partial charge < -0.3 is 9.47 Å². The summed E-state index contributed by atoms with van der Waals surface area (Å²) in [5.41, 5.74) is 4.47. The van der Waals surface area contributed by atoms with E-state index in [2.05, 4.69) is 4.74 Å². The van der Waals surface area contributed by atoms with E-state index in [1.807, 2.05) is 36.4 Å². The zero-order valence-corrected chi connectivity index (χ0v) is 18.9. The number of thioether (sulfide) groups is 1. The van der Waals surface area contributed by atoms with Gasteiger partial charge in [0.1, 0.15) is 5.75 Å². The number of hydrogen-bond acceptors (Lipinski definition) is 4. The van der Waals surface area contributed by atoms with Gasteiger partial charge in [0.05, 0.1) is 12.7 Å². The third-order valence-corrected chi connectivity index (χ3v) is 6.84.